The summed E-state index contributed by atoms with van der Waals surface area (Å²) < 4.78 is 0. The summed E-state index contributed by atoms with van der Waals surface area (Å²) in [5.74, 6) is 1.47. The van der Waals surface area contributed by atoms with Crippen molar-refractivity contribution in [2.24, 2.45) is 10.9 Å². The number of carbonyl (C=O) groups is 1. The average Bonchev–Trinajstić information content (AvgIpc) is 3.10. The van der Waals surface area contributed by atoms with Gasteiger partial charge in [-0.3, -0.25) is 4.79 Å². The average molecular weight is 442 g/mol. The Bertz CT molecular complexity index is 837. The molecular formula is C24H35N5OS. The summed E-state index contributed by atoms with van der Waals surface area (Å²) in [6, 6.07) is 10.6. The Hall–Kier alpha value is -2.41. The van der Waals surface area contributed by atoms with Crippen LogP contribution in [-0.2, 0) is 17.6 Å². The van der Waals surface area contributed by atoms with E-state index in [-0.39, 0.29) is 12.5 Å². The second-order valence-electron chi connectivity index (χ2n) is 8.14. The summed E-state index contributed by atoms with van der Waals surface area (Å²) in [6.07, 6.45) is 4.09. The predicted octanol–water partition coefficient (Wildman–Crippen LogP) is 3.34. The number of aryl methyl sites for hydroxylation is 2. The van der Waals surface area contributed by atoms with Gasteiger partial charge in [-0.1, -0.05) is 30.3 Å². The van der Waals surface area contributed by atoms with E-state index in [2.05, 4.69) is 57.9 Å². The van der Waals surface area contributed by atoms with Crippen molar-refractivity contribution in [1.29, 1.82) is 0 Å². The maximum atomic E-state index is 12.7. The SMILES string of the molecule is CCNC(=NCC(=O)N1CCC(Cc2ccccc2)CC1)NCCc1nc(C)c(C)s1. The van der Waals surface area contributed by atoms with Crippen molar-refractivity contribution in [2.45, 2.75) is 46.5 Å². The molecule has 0 unspecified atom stereocenters. The predicted molar refractivity (Wildman–Crippen MR) is 129 cm³/mol. The van der Waals surface area contributed by atoms with Crippen molar-refractivity contribution >= 4 is 23.2 Å². The molecule has 1 aromatic carbocycles. The highest BCUT2D eigenvalue weighted by atomic mass is 32.1. The molecule has 3 rings (SSSR count). The lowest BCUT2D eigenvalue weighted by Crippen LogP contribution is -2.42. The van der Waals surface area contributed by atoms with Crippen LogP contribution in [0.2, 0.25) is 0 Å². The number of aliphatic imine (C=N–C) groups is 1. The highest BCUT2D eigenvalue weighted by molar-refractivity contribution is 7.11. The minimum Gasteiger partial charge on any atom is -0.357 e. The van der Waals surface area contributed by atoms with Crippen LogP contribution in [-0.4, -0.2) is 54.5 Å². The standard InChI is InChI=1S/C24H35N5OS/c1-4-25-24(26-13-10-22-28-18(2)19(3)31-22)27-17-23(30)29-14-11-21(12-15-29)16-20-8-6-5-7-9-20/h5-9,21H,4,10-17H2,1-3H3,(H2,25,26,27). The summed E-state index contributed by atoms with van der Waals surface area (Å²) in [7, 11) is 0. The Morgan fingerprint density at radius 1 is 1.19 bits per heavy atom. The molecule has 0 aliphatic carbocycles. The van der Waals surface area contributed by atoms with Gasteiger partial charge in [-0.25, -0.2) is 9.98 Å². The normalized spacial score (nSPS) is 15.2. The van der Waals surface area contributed by atoms with E-state index in [0.29, 0.717) is 11.9 Å². The Labute approximate surface area is 190 Å². The van der Waals surface area contributed by atoms with Crippen LogP contribution >= 0.6 is 11.3 Å². The largest absolute Gasteiger partial charge is 0.357 e. The molecule has 2 aromatic rings. The van der Waals surface area contributed by atoms with Gasteiger partial charge in [-0.2, -0.15) is 0 Å². The molecule has 31 heavy (non-hydrogen) atoms. The van der Waals surface area contributed by atoms with Crippen molar-refractivity contribution in [3.63, 3.8) is 0 Å². The number of aromatic nitrogens is 1. The topological polar surface area (TPSA) is 69.6 Å². The Morgan fingerprint density at radius 2 is 1.94 bits per heavy atom. The van der Waals surface area contributed by atoms with Gasteiger partial charge in [0.1, 0.15) is 6.54 Å². The molecule has 1 aliphatic rings. The Morgan fingerprint density at radius 3 is 2.58 bits per heavy atom. The Kier molecular flexibility index (Phi) is 8.88. The highest BCUT2D eigenvalue weighted by Crippen LogP contribution is 2.21. The summed E-state index contributed by atoms with van der Waals surface area (Å²) in [5, 5.41) is 7.69. The maximum absolute atomic E-state index is 12.7. The van der Waals surface area contributed by atoms with E-state index in [1.165, 1.54) is 10.4 Å². The first-order valence-electron chi connectivity index (χ1n) is 11.3. The summed E-state index contributed by atoms with van der Waals surface area (Å²) in [5.41, 5.74) is 2.50. The minimum absolute atomic E-state index is 0.113. The van der Waals surface area contributed by atoms with Crippen molar-refractivity contribution in [3.8, 4) is 0 Å². The van der Waals surface area contributed by atoms with Crippen LogP contribution in [0, 0.1) is 19.8 Å². The third-order valence-electron chi connectivity index (χ3n) is 5.76. The zero-order valence-corrected chi connectivity index (χ0v) is 19.8. The van der Waals surface area contributed by atoms with Crippen LogP contribution in [0.15, 0.2) is 35.3 Å². The molecule has 0 saturated carbocycles. The first-order valence-corrected chi connectivity index (χ1v) is 12.1. The van der Waals surface area contributed by atoms with E-state index in [1.807, 2.05) is 18.7 Å². The van der Waals surface area contributed by atoms with Crippen LogP contribution in [0.5, 0.6) is 0 Å². The molecule has 1 aromatic heterocycles. The number of rotatable bonds is 8. The lowest BCUT2D eigenvalue weighted by Gasteiger charge is -2.32. The van der Waals surface area contributed by atoms with Crippen molar-refractivity contribution in [3.05, 3.63) is 51.5 Å². The van der Waals surface area contributed by atoms with E-state index in [9.17, 15) is 4.79 Å². The van der Waals surface area contributed by atoms with Gasteiger partial charge in [-0.15, -0.1) is 11.3 Å². The number of piperidine rings is 1. The fraction of sp³-hybridized carbons (Fsp3) is 0.542. The van der Waals surface area contributed by atoms with Crippen LogP contribution in [0.4, 0.5) is 0 Å². The number of amides is 1. The lowest BCUT2D eigenvalue weighted by atomic mass is 9.90. The number of hydrogen-bond acceptors (Lipinski definition) is 4. The number of benzene rings is 1. The quantitative estimate of drug-likeness (QED) is 0.487. The molecular weight excluding hydrogens is 406 g/mol. The van der Waals surface area contributed by atoms with Crippen molar-refractivity contribution in [1.82, 2.24) is 20.5 Å². The Balaban J connectivity index is 1.42. The van der Waals surface area contributed by atoms with Crippen LogP contribution in [0.3, 0.4) is 0 Å². The molecule has 1 fully saturated rings. The number of carbonyl (C=O) groups excluding carboxylic acids is 1. The van der Waals surface area contributed by atoms with Crippen LogP contribution in [0.1, 0.15) is 40.9 Å². The lowest BCUT2D eigenvalue weighted by molar-refractivity contribution is -0.130. The van der Waals surface area contributed by atoms with Gasteiger partial charge in [-0.05, 0) is 51.5 Å². The summed E-state index contributed by atoms with van der Waals surface area (Å²) in [6.45, 7) is 9.54. The zero-order chi connectivity index (χ0) is 22.1. The molecule has 1 aliphatic heterocycles. The molecule has 1 saturated heterocycles. The van der Waals surface area contributed by atoms with E-state index < -0.39 is 0 Å². The zero-order valence-electron chi connectivity index (χ0n) is 19.0. The second kappa shape index (κ2) is 11.8. The van der Waals surface area contributed by atoms with Crippen LogP contribution in [0.25, 0.3) is 0 Å². The first kappa shape index (κ1) is 23.3. The number of likely N-dealkylation sites (tertiary alicyclic amines) is 1. The van der Waals surface area contributed by atoms with Gasteiger partial charge in [0, 0.05) is 37.5 Å². The number of thiazole rings is 1. The number of nitrogens with zero attached hydrogens (tertiary/aromatic N) is 3. The maximum Gasteiger partial charge on any atom is 0.244 e. The van der Waals surface area contributed by atoms with Crippen LogP contribution < -0.4 is 10.6 Å². The smallest absolute Gasteiger partial charge is 0.244 e. The molecule has 6 nitrogen and oxygen atoms in total. The van der Waals surface area contributed by atoms with Crippen molar-refractivity contribution in [2.75, 3.05) is 32.7 Å². The summed E-state index contributed by atoms with van der Waals surface area (Å²) >= 11 is 1.74. The molecule has 2 N–H and O–H groups in total. The summed E-state index contributed by atoms with van der Waals surface area (Å²) in [4.78, 5) is 25.0. The molecule has 2 heterocycles. The van der Waals surface area contributed by atoms with Gasteiger partial charge < -0.3 is 15.5 Å². The monoisotopic (exact) mass is 441 g/mol. The first-order chi connectivity index (χ1) is 15.0. The van der Waals surface area contributed by atoms with E-state index in [1.54, 1.807) is 11.3 Å². The van der Waals surface area contributed by atoms with Gasteiger partial charge in [0.25, 0.3) is 0 Å². The molecule has 0 spiro atoms. The highest BCUT2D eigenvalue weighted by Gasteiger charge is 2.22. The number of hydrogen-bond donors (Lipinski definition) is 2. The molecule has 0 radical (unpaired) electrons. The molecule has 0 atom stereocenters. The molecule has 168 valence electrons. The fourth-order valence-corrected chi connectivity index (χ4v) is 4.79. The number of guanidine groups is 1. The van der Waals surface area contributed by atoms with Gasteiger partial charge in [0.05, 0.1) is 10.7 Å². The van der Waals surface area contributed by atoms with E-state index in [4.69, 9.17) is 0 Å². The van der Waals surface area contributed by atoms with Gasteiger partial charge >= 0.3 is 0 Å². The van der Waals surface area contributed by atoms with Gasteiger partial charge in [0.2, 0.25) is 5.91 Å². The van der Waals surface area contributed by atoms with Crippen molar-refractivity contribution < 1.29 is 4.79 Å². The molecule has 0 bridgehead atoms. The van der Waals surface area contributed by atoms with E-state index in [0.717, 1.165) is 62.6 Å². The minimum atomic E-state index is 0.113. The second-order valence-corrected chi connectivity index (χ2v) is 9.42. The third-order valence-corrected chi connectivity index (χ3v) is 6.89. The molecule has 1 amide bonds. The fourth-order valence-electron chi connectivity index (χ4n) is 3.86. The van der Waals surface area contributed by atoms with E-state index >= 15 is 0 Å². The molecule has 7 heteroatoms. The van der Waals surface area contributed by atoms with Gasteiger partial charge in [0.15, 0.2) is 5.96 Å². The number of nitrogens with one attached hydrogen (secondary N) is 2. The third kappa shape index (κ3) is 7.35.